The second-order valence-corrected chi connectivity index (χ2v) is 6.96. The molecule has 86 valence electrons. The molecule has 0 unspecified atom stereocenters. The number of halogens is 1. The van der Waals surface area contributed by atoms with Crippen molar-refractivity contribution in [1.82, 2.24) is 5.09 Å². The van der Waals surface area contributed by atoms with Crippen LogP contribution in [0.4, 0.5) is 0 Å². The monoisotopic (exact) mass is 259 g/mol. The van der Waals surface area contributed by atoms with Crippen LogP contribution in [0.15, 0.2) is 0 Å². The Morgan fingerprint density at radius 2 is 1.64 bits per heavy atom. The number of alkyl halides is 1. The normalized spacial score (nSPS) is 12.8. The second kappa shape index (κ2) is 7.15. The molecular formula is C8H19ClNO2PS. The van der Waals surface area contributed by atoms with Crippen LogP contribution in [0.2, 0.25) is 0 Å². The SMILES string of the molecule is CC(C)OP(=S)(NCCCl)OC(C)C. The first-order valence-corrected chi connectivity index (χ1v) is 7.85. The van der Waals surface area contributed by atoms with E-state index in [1.807, 2.05) is 27.7 Å². The van der Waals surface area contributed by atoms with Crippen LogP contribution in [0, 0.1) is 0 Å². The molecule has 0 amide bonds. The van der Waals surface area contributed by atoms with Crippen molar-refractivity contribution in [2.75, 3.05) is 12.4 Å². The summed E-state index contributed by atoms with van der Waals surface area (Å²) >= 11 is 10.9. The van der Waals surface area contributed by atoms with Crippen molar-refractivity contribution in [1.29, 1.82) is 0 Å². The lowest BCUT2D eigenvalue weighted by Crippen LogP contribution is -2.21. The fraction of sp³-hybridized carbons (Fsp3) is 1.00. The van der Waals surface area contributed by atoms with E-state index in [1.165, 1.54) is 0 Å². The summed E-state index contributed by atoms with van der Waals surface area (Å²) in [6, 6.07) is 0. The lowest BCUT2D eigenvalue weighted by Gasteiger charge is -2.26. The summed E-state index contributed by atoms with van der Waals surface area (Å²) in [6.07, 6.45) is 0.116. The molecule has 0 saturated heterocycles. The summed E-state index contributed by atoms with van der Waals surface area (Å²) in [4.78, 5) is 0. The summed E-state index contributed by atoms with van der Waals surface area (Å²) in [5.74, 6) is 0.501. The maximum absolute atomic E-state index is 5.58. The molecule has 3 nitrogen and oxygen atoms in total. The van der Waals surface area contributed by atoms with Crippen LogP contribution in [-0.2, 0) is 20.9 Å². The molecule has 0 radical (unpaired) electrons. The molecular weight excluding hydrogens is 241 g/mol. The minimum atomic E-state index is -2.35. The summed E-state index contributed by atoms with van der Waals surface area (Å²) < 4.78 is 11.2. The smallest absolute Gasteiger partial charge is 0.261 e. The van der Waals surface area contributed by atoms with Crippen molar-refractivity contribution >= 4 is 30.1 Å². The van der Waals surface area contributed by atoms with E-state index in [0.717, 1.165) is 0 Å². The topological polar surface area (TPSA) is 30.5 Å². The number of hydrogen-bond donors (Lipinski definition) is 1. The maximum Gasteiger partial charge on any atom is 0.261 e. The summed E-state index contributed by atoms with van der Waals surface area (Å²) in [6.45, 7) is 6.01. The lowest BCUT2D eigenvalue weighted by atomic mass is 10.5. The zero-order valence-electron chi connectivity index (χ0n) is 9.12. The van der Waals surface area contributed by atoms with Crippen molar-refractivity contribution < 1.29 is 9.05 Å². The molecule has 6 heteroatoms. The van der Waals surface area contributed by atoms with E-state index in [9.17, 15) is 0 Å². The first-order valence-electron chi connectivity index (χ1n) is 4.67. The molecule has 0 aromatic rings. The molecule has 14 heavy (non-hydrogen) atoms. The largest absolute Gasteiger partial charge is 0.315 e. The maximum atomic E-state index is 5.58. The van der Waals surface area contributed by atoms with Crippen molar-refractivity contribution in [2.24, 2.45) is 0 Å². The van der Waals surface area contributed by atoms with Crippen LogP contribution in [-0.4, -0.2) is 24.6 Å². The predicted molar refractivity (Wildman–Crippen MR) is 65.4 cm³/mol. The first-order chi connectivity index (χ1) is 6.39. The number of nitrogens with one attached hydrogen (secondary N) is 1. The van der Waals surface area contributed by atoms with Gasteiger partial charge in [0.1, 0.15) is 0 Å². The summed E-state index contributed by atoms with van der Waals surface area (Å²) in [5.41, 5.74) is 0. The Hall–Kier alpha value is 0.820. The van der Waals surface area contributed by atoms with E-state index in [2.05, 4.69) is 5.09 Å². The average molecular weight is 260 g/mol. The van der Waals surface area contributed by atoms with Gasteiger partial charge in [0.15, 0.2) is 0 Å². The molecule has 0 bridgehead atoms. The highest BCUT2D eigenvalue weighted by atomic mass is 35.5. The molecule has 1 N–H and O–H groups in total. The van der Waals surface area contributed by atoms with Crippen LogP contribution < -0.4 is 5.09 Å². The average Bonchev–Trinajstić information content (AvgIpc) is 1.97. The van der Waals surface area contributed by atoms with E-state index in [1.54, 1.807) is 0 Å². The molecule has 0 aliphatic carbocycles. The highest BCUT2D eigenvalue weighted by molar-refractivity contribution is 8.09. The van der Waals surface area contributed by atoms with Crippen LogP contribution in [0.3, 0.4) is 0 Å². The molecule has 0 heterocycles. The van der Waals surface area contributed by atoms with Gasteiger partial charge in [0.2, 0.25) is 0 Å². The van der Waals surface area contributed by atoms with Crippen LogP contribution in [0.25, 0.3) is 0 Å². The van der Waals surface area contributed by atoms with Gasteiger partial charge in [0.25, 0.3) is 6.64 Å². The molecule has 0 spiro atoms. The van der Waals surface area contributed by atoms with Crippen molar-refractivity contribution in [3.8, 4) is 0 Å². The van der Waals surface area contributed by atoms with Crippen molar-refractivity contribution in [3.63, 3.8) is 0 Å². The fourth-order valence-electron chi connectivity index (χ4n) is 0.834. The quantitative estimate of drug-likeness (QED) is 0.563. The van der Waals surface area contributed by atoms with E-state index in [-0.39, 0.29) is 12.2 Å². The van der Waals surface area contributed by atoms with Gasteiger partial charge in [-0.15, -0.1) is 11.6 Å². The third-order valence-electron chi connectivity index (χ3n) is 1.10. The van der Waals surface area contributed by atoms with Gasteiger partial charge in [-0.1, -0.05) is 0 Å². The molecule has 0 aliphatic rings. The van der Waals surface area contributed by atoms with E-state index in [0.29, 0.717) is 12.4 Å². The third kappa shape index (κ3) is 7.16. The van der Waals surface area contributed by atoms with E-state index < -0.39 is 6.64 Å². The highest BCUT2D eigenvalue weighted by Crippen LogP contribution is 2.46. The highest BCUT2D eigenvalue weighted by Gasteiger charge is 2.21. The van der Waals surface area contributed by atoms with Crippen LogP contribution in [0.1, 0.15) is 27.7 Å². The van der Waals surface area contributed by atoms with Gasteiger partial charge in [-0.2, -0.15) is 0 Å². The second-order valence-electron chi connectivity index (χ2n) is 3.40. The molecule has 0 atom stereocenters. The summed E-state index contributed by atoms with van der Waals surface area (Å²) in [5, 5.41) is 3.06. The van der Waals surface area contributed by atoms with Gasteiger partial charge < -0.3 is 9.05 Å². The van der Waals surface area contributed by atoms with Crippen LogP contribution >= 0.6 is 18.2 Å². The van der Waals surface area contributed by atoms with Crippen molar-refractivity contribution in [3.05, 3.63) is 0 Å². The zero-order chi connectivity index (χ0) is 11.2. The van der Waals surface area contributed by atoms with Gasteiger partial charge in [0, 0.05) is 12.4 Å². The molecule has 0 aromatic carbocycles. The van der Waals surface area contributed by atoms with Gasteiger partial charge in [0.05, 0.1) is 12.2 Å². The minimum Gasteiger partial charge on any atom is -0.315 e. The molecule has 0 saturated carbocycles. The van der Waals surface area contributed by atoms with Gasteiger partial charge in [-0.05, 0) is 39.5 Å². The Kier molecular flexibility index (Phi) is 7.57. The Morgan fingerprint density at radius 3 is 1.93 bits per heavy atom. The van der Waals surface area contributed by atoms with Crippen molar-refractivity contribution in [2.45, 2.75) is 39.9 Å². The van der Waals surface area contributed by atoms with E-state index >= 15 is 0 Å². The standard InChI is InChI=1S/C8H19ClNO2PS/c1-7(2)11-13(14,10-6-5-9)12-8(3)4/h7-8H,5-6H2,1-4H3,(H,10,14). The Labute approximate surface area is 96.7 Å². The number of rotatable bonds is 7. The van der Waals surface area contributed by atoms with E-state index in [4.69, 9.17) is 32.5 Å². The molecule has 0 aliphatic heterocycles. The Morgan fingerprint density at radius 1 is 1.21 bits per heavy atom. The Bertz CT molecular complexity index is 188. The lowest BCUT2D eigenvalue weighted by molar-refractivity contribution is 0.169. The summed E-state index contributed by atoms with van der Waals surface area (Å²) in [7, 11) is 0. The predicted octanol–water partition coefficient (Wildman–Crippen LogP) is 2.89. The molecule has 0 fully saturated rings. The zero-order valence-corrected chi connectivity index (χ0v) is 11.6. The van der Waals surface area contributed by atoms with Crippen LogP contribution in [0.5, 0.6) is 0 Å². The number of hydrogen-bond acceptors (Lipinski definition) is 3. The molecule has 0 rings (SSSR count). The fourth-order valence-corrected chi connectivity index (χ4v) is 4.06. The minimum absolute atomic E-state index is 0.0578. The van der Waals surface area contributed by atoms with Gasteiger partial charge in [-0.25, -0.2) is 5.09 Å². The first kappa shape index (κ1) is 14.8. The van der Waals surface area contributed by atoms with Gasteiger partial charge >= 0.3 is 0 Å². The molecule has 0 aromatic heterocycles. The third-order valence-corrected chi connectivity index (χ3v) is 4.20. The Balaban J connectivity index is 4.26. The van der Waals surface area contributed by atoms with Gasteiger partial charge in [-0.3, -0.25) is 0 Å².